The second kappa shape index (κ2) is 8.82. The van der Waals surface area contributed by atoms with Gasteiger partial charge in [-0.05, 0) is 18.8 Å². The summed E-state index contributed by atoms with van der Waals surface area (Å²) in [5, 5.41) is 5.70. The first-order valence-corrected chi connectivity index (χ1v) is 8.85. The Kier molecular flexibility index (Phi) is 6.78. The van der Waals surface area contributed by atoms with Crippen LogP contribution < -0.4 is 10.6 Å². The maximum Gasteiger partial charge on any atom is 0.306 e. The van der Waals surface area contributed by atoms with Gasteiger partial charge in [-0.15, -0.1) is 0 Å². The van der Waals surface area contributed by atoms with Crippen molar-refractivity contribution in [1.29, 1.82) is 0 Å². The third-order valence-electron chi connectivity index (χ3n) is 4.92. The molecular formula is C17H27N3O5. The molecule has 0 saturated carbocycles. The van der Waals surface area contributed by atoms with E-state index < -0.39 is 11.9 Å². The van der Waals surface area contributed by atoms with E-state index in [4.69, 9.17) is 0 Å². The fourth-order valence-corrected chi connectivity index (χ4v) is 3.30. The Bertz CT molecular complexity index is 536. The van der Waals surface area contributed by atoms with Crippen LogP contribution in [0.2, 0.25) is 0 Å². The standard InChI is InChI=1S/C17H27N3O5/c1-11-9-20(14(21)6-7-15(22)25-2)10-13(11)19-17(24)12-5-3-4-8-18-16(12)23/h11-13H,3-10H2,1-2H3,(H,18,23)(H,19,24)/t11-,12?,13+/m1/s1. The van der Waals surface area contributed by atoms with E-state index in [1.807, 2.05) is 6.92 Å². The second-order valence-electron chi connectivity index (χ2n) is 6.81. The van der Waals surface area contributed by atoms with E-state index in [1.165, 1.54) is 7.11 Å². The molecule has 3 atom stereocenters. The number of rotatable bonds is 5. The molecule has 8 heteroatoms. The van der Waals surface area contributed by atoms with Crippen LogP contribution in [0.1, 0.15) is 39.0 Å². The van der Waals surface area contributed by atoms with Crippen molar-refractivity contribution in [1.82, 2.24) is 15.5 Å². The van der Waals surface area contributed by atoms with Gasteiger partial charge in [-0.25, -0.2) is 0 Å². The topological polar surface area (TPSA) is 105 Å². The molecule has 1 unspecified atom stereocenters. The molecule has 25 heavy (non-hydrogen) atoms. The monoisotopic (exact) mass is 353 g/mol. The maximum atomic E-state index is 12.5. The Morgan fingerprint density at radius 1 is 1.24 bits per heavy atom. The summed E-state index contributed by atoms with van der Waals surface area (Å²) in [5.41, 5.74) is 0. The number of nitrogens with one attached hydrogen (secondary N) is 2. The van der Waals surface area contributed by atoms with Gasteiger partial charge in [-0.1, -0.05) is 13.3 Å². The number of hydrogen-bond donors (Lipinski definition) is 2. The van der Waals surface area contributed by atoms with E-state index in [2.05, 4.69) is 15.4 Å². The van der Waals surface area contributed by atoms with Crippen molar-refractivity contribution in [2.24, 2.45) is 11.8 Å². The number of carbonyl (C=O) groups excluding carboxylic acids is 4. The molecule has 2 N–H and O–H groups in total. The molecule has 140 valence electrons. The lowest BCUT2D eigenvalue weighted by molar-refractivity contribution is -0.143. The zero-order valence-electron chi connectivity index (χ0n) is 14.9. The third kappa shape index (κ3) is 5.17. The normalized spacial score (nSPS) is 26.6. The van der Waals surface area contributed by atoms with E-state index in [9.17, 15) is 19.2 Å². The molecule has 0 spiro atoms. The number of esters is 1. The van der Waals surface area contributed by atoms with Gasteiger partial charge in [0.2, 0.25) is 17.7 Å². The maximum absolute atomic E-state index is 12.5. The van der Waals surface area contributed by atoms with Gasteiger partial charge >= 0.3 is 5.97 Å². The fraction of sp³-hybridized carbons (Fsp3) is 0.765. The predicted octanol–water partition coefficient (Wildman–Crippen LogP) is -0.181. The molecule has 0 aromatic heterocycles. The van der Waals surface area contributed by atoms with Crippen LogP contribution >= 0.6 is 0 Å². The molecule has 2 aliphatic rings. The van der Waals surface area contributed by atoms with Crippen LogP contribution in [0.5, 0.6) is 0 Å². The highest BCUT2D eigenvalue weighted by Crippen LogP contribution is 2.20. The van der Waals surface area contributed by atoms with Crippen LogP contribution in [0.25, 0.3) is 0 Å². The molecule has 3 amide bonds. The molecule has 2 rings (SSSR count). The van der Waals surface area contributed by atoms with Gasteiger partial charge in [0.1, 0.15) is 5.92 Å². The summed E-state index contributed by atoms with van der Waals surface area (Å²) < 4.78 is 4.54. The number of hydrogen-bond acceptors (Lipinski definition) is 5. The highest BCUT2D eigenvalue weighted by molar-refractivity contribution is 6.00. The minimum atomic E-state index is -0.654. The van der Waals surface area contributed by atoms with Gasteiger partial charge in [0.25, 0.3) is 0 Å². The molecule has 2 fully saturated rings. The number of ether oxygens (including phenoxy) is 1. The van der Waals surface area contributed by atoms with Gasteiger partial charge < -0.3 is 20.3 Å². The minimum absolute atomic E-state index is 0.0550. The molecule has 0 aromatic carbocycles. The minimum Gasteiger partial charge on any atom is -0.469 e. The molecule has 2 saturated heterocycles. The number of methoxy groups -OCH3 is 1. The zero-order valence-corrected chi connectivity index (χ0v) is 14.9. The van der Waals surface area contributed by atoms with Crippen molar-refractivity contribution in [3.05, 3.63) is 0 Å². The Labute approximate surface area is 147 Å². The fourth-order valence-electron chi connectivity index (χ4n) is 3.30. The molecule has 2 heterocycles. The number of likely N-dealkylation sites (tertiary alicyclic amines) is 1. The summed E-state index contributed by atoms with van der Waals surface area (Å²) in [4.78, 5) is 49.4. The molecule has 0 aromatic rings. The van der Waals surface area contributed by atoms with Crippen LogP contribution in [0, 0.1) is 11.8 Å². The highest BCUT2D eigenvalue weighted by Gasteiger charge is 2.36. The van der Waals surface area contributed by atoms with Gasteiger partial charge in [-0.3, -0.25) is 19.2 Å². The lowest BCUT2D eigenvalue weighted by Crippen LogP contribution is -2.47. The first-order valence-electron chi connectivity index (χ1n) is 8.85. The average molecular weight is 353 g/mol. The van der Waals surface area contributed by atoms with E-state index in [-0.39, 0.29) is 42.5 Å². The third-order valence-corrected chi connectivity index (χ3v) is 4.92. The first-order chi connectivity index (χ1) is 11.9. The van der Waals surface area contributed by atoms with Crippen LogP contribution in [-0.2, 0) is 23.9 Å². The van der Waals surface area contributed by atoms with Crippen LogP contribution in [0.15, 0.2) is 0 Å². The van der Waals surface area contributed by atoms with Crippen LogP contribution in [0.4, 0.5) is 0 Å². The van der Waals surface area contributed by atoms with Crippen LogP contribution in [0.3, 0.4) is 0 Å². The predicted molar refractivity (Wildman–Crippen MR) is 89.3 cm³/mol. The molecule has 0 aliphatic carbocycles. The van der Waals surface area contributed by atoms with Crippen molar-refractivity contribution >= 4 is 23.7 Å². The van der Waals surface area contributed by atoms with E-state index in [1.54, 1.807) is 4.90 Å². The number of nitrogens with zero attached hydrogens (tertiary/aromatic N) is 1. The second-order valence-corrected chi connectivity index (χ2v) is 6.81. The highest BCUT2D eigenvalue weighted by atomic mass is 16.5. The van der Waals surface area contributed by atoms with Gasteiger partial charge in [0, 0.05) is 26.1 Å². The zero-order chi connectivity index (χ0) is 18.4. The van der Waals surface area contributed by atoms with Gasteiger partial charge in [0.05, 0.1) is 19.6 Å². The lowest BCUT2D eigenvalue weighted by Gasteiger charge is -2.20. The average Bonchev–Trinajstić information content (AvgIpc) is 2.81. The Morgan fingerprint density at radius 2 is 2.00 bits per heavy atom. The number of carbonyl (C=O) groups is 4. The summed E-state index contributed by atoms with van der Waals surface area (Å²) in [7, 11) is 1.29. The van der Waals surface area contributed by atoms with Crippen LogP contribution in [-0.4, -0.2) is 61.4 Å². The van der Waals surface area contributed by atoms with Crippen molar-refractivity contribution in [3.8, 4) is 0 Å². The molecule has 2 aliphatic heterocycles. The first kappa shape index (κ1) is 19.2. The smallest absolute Gasteiger partial charge is 0.306 e. The Balaban J connectivity index is 1.86. The summed E-state index contributed by atoms with van der Waals surface area (Å²) in [6.07, 6.45) is 2.44. The molecular weight excluding hydrogens is 326 g/mol. The van der Waals surface area contributed by atoms with Crippen molar-refractivity contribution in [2.75, 3.05) is 26.7 Å². The van der Waals surface area contributed by atoms with E-state index >= 15 is 0 Å². The summed E-state index contributed by atoms with van der Waals surface area (Å²) in [5.74, 6) is -1.57. The lowest BCUT2D eigenvalue weighted by atomic mass is 10.00. The Morgan fingerprint density at radius 3 is 2.72 bits per heavy atom. The van der Waals surface area contributed by atoms with Gasteiger partial charge in [-0.2, -0.15) is 0 Å². The molecule has 0 bridgehead atoms. The molecule has 0 radical (unpaired) electrons. The van der Waals surface area contributed by atoms with Gasteiger partial charge in [0.15, 0.2) is 0 Å². The van der Waals surface area contributed by atoms with E-state index in [0.29, 0.717) is 26.1 Å². The summed E-state index contributed by atoms with van der Waals surface area (Å²) >= 11 is 0. The summed E-state index contributed by atoms with van der Waals surface area (Å²) in [6, 6.07) is -0.175. The van der Waals surface area contributed by atoms with E-state index in [0.717, 1.165) is 12.8 Å². The SMILES string of the molecule is COC(=O)CCC(=O)N1C[C@@H](C)[C@@H](NC(=O)C2CCCCNC2=O)C1. The van der Waals surface area contributed by atoms with Crippen molar-refractivity contribution in [2.45, 2.75) is 45.1 Å². The molecule has 8 nitrogen and oxygen atoms in total. The van der Waals surface area contributed by atoms with Crippen molar-refractivity contribution < 1.29 is 23.9 Å². The number of amides is 3. The Hall–Kier alpha value is -2.12. The summed E-state index contributed by atoms with van der Waals surface area (Å²) in [6.45, 7) is 3.51. The quantitative estimate of drug-likeness (QED) is 0.527. The largest absolute Gasteiger partial charge is 0.469 e. The van der Waals surface area contributed by atoms with Crippen molar-refractivity contribution in [3.63, 3.8) is 0 Å².